The molecule has 0 unspecified atom stereocenters. The van der Waals surface area contributed by atoms with Crippen molar-refractivity contribution in [3.63, 3.8) is 0 Å². The van der Waals surface area contributed by atoms with Gasteiger partial charge in [-0.1, -0.05) is 24.3 Å². The highest BCUT2D eigenvalue weighted by atomic mass is 32.2. The summed E-state index contributed by atoms with van der Waals surface area (Å²) in [4.78, 5) is 14.7. The number of carbonyl (C=O) groups excluding carboxylic acids is 1. The van der Waals surface area contributed by atoms with E-state index < -0.39 is 15.9 Å². The van der Waals surface area contributed by atoms with Crippen LogP contribution in [0.4, 0.5) is 5.69 Å². The van der Waals surface area contributed by atoms with E-state index in [0.29, 0.717) is 33.9 Å². The summed E-state index contributed by atoms with van der Waals surface area (Å²) in [6.07, 6.45) is 0. The van der Waals surface area contributed by atoms with Crippen LogP contribution in [0.15, 0.2) is 77.7 Å². The molecule has 5 aromatic rings. The molecule has 0 saturated carbocycles. The van der Waals surface area contributed by atoms with E-state index >= 15 is 0 Å². The summed E-state index contributed by atoms with van der Waals surface area (Å²) in [5.41, 5.74) is 4.32. The molecule has 43 heavy (non-hydrogen) atoms. The maximum atomic E-state index is 14.1. The fourth-order valence-electron chi connectivity index (χ4n) is 5.11. The van der Waals surface area contributed by atoms with Gasteiger partial charge in [0, 0.05) is 19.2 Å². The van der Waals surface area contributed by atoms with Crippen molar-refractivity contribution < 1.29 is 27.4 Å². The molecule has 2 aliphatic rings. The van der Waals surface area contributed by atoms with Gasteiger partial charge in [0.25, 0.3) is 5.91 Å². The number of hydrogen-bond donors (Lipinski definition) is 1. The summed E-state index contributed by atoms with van der Waals surface area (Å²) in [5.74, 6) is 0.408. The van der Waals surface area contributed by atoms with Crippen LogP contribution in [0.5, 0.6) is 23.0 Å². The lowest BCUT2D eigenvalue weighted by Gasteiger charge is -2.27. The van der Waals surface area contributed by atoms with E-state index in [0.717, 1.165) is 11.1 Å². The van der Waals surface area contributed by atoms with Crippen LogP contribution in [0.3, 0.4) is 0 Å². The molecule has 0 radical (unpaired) electrons. The van der Waals surface area contributed by atoms with E-state index in [-0.39, 0.29) is 48.3 Å². The van der Waals surface area contributed by atoms with Gasteiger partial charge in [-0.25, -0.2) is 8.42 Å². The molecule has 0 spiro atoms. The van der Waals surface area contributed by atoms with Crippen molar-refractivity contribution in [2.24, 2.45) is 0 Å². The number of hydrogen-bond acceptors (Lipinski definition) is 8. The number of aromatic nitrogens is 3. The number of sulfonamides is 1. The van der Waals surface area contributed by atoms with Crippen molar-refractivity contribution in [1.82, 2.24) is 19.3 Å². The Hall–Kier alpha value is -4.78. The second-order valence-corrected chi connectivity index (χ2v) is 12.3. The van der Waals surface area contributed by atoms with Crippen molar-refractivity contribution in [2.45, 2.75) is 18.7 Å². The maximum Gasteiger partial charge on any atom is 0.259 e. The predicted octanol–water partition coefficient (Wildman–Crippen LogP) is 5.21. The van der Waals surface area contributed by atoms with Gasteiger partial charge in [-0.3, -0.25) is 4.79 Å². The van der Waals surface area contributed by atoms with E-state index in [1.165, 1.54) is 21.2 Å². The summed E-state index contributed by atoms with van der Waals surface area (Å²) >= 11 is 0. The summed E-state index contributed by atoms with van der Waals surface area (Å²) in [5, 5.41) is 12.0. The molecular formula is C31H27N5O6S. The third kappa shape index (κ3) is 4.99. The minimum Gasteiger partial charge on any atom is -0.454 e. The largest absolute Gasteiger partial charge is 0.454 e. The number of carbonyl (C=O) groups is 1. The molecule has 12 heteroatoms. The van der Waals surface area contributed by atoms with Crippen molar-refractivity contribution in [2.75, 3.05) is 31.6 Å². The zero-order valence-corrected chi connectivity index (χ0v) is 24.2. The van der Waals surface area contributed by atoms with Gasteiger partial charge >= 0.3 is 0 Å². The van der Waals surface area contributed by atoms with Crippen LogP contribution in [0, 0.1) is 13.8 Å². The zero-order chi connectivity index (χ0) is 29.7. The first kappa shape index (κ1) is 27.1. The van der Waals surface area contributed by atoms with Gasteiger partial charge in [0.1, 0.15) is 27.4 Å². The number of amides is 1. The first-order chi connectivity index (χ1) is 20.8. The predicted molar refractivity (Wildman–Crippen MR) is 159 cm³/mol. The smallest absolute Gasteiger partial charge is 0.259 e. The lowest BCUT2D eigenvalue weighted by atomic mass is 10.1. The van der Waals surface area contributed by atoms with Crippen LogP contribution < -0.4 is 14.8 Å². The molecule has 0 aliphatic carbocycles. The molecule has 1 saturated heterocycles. The Labute approximate surface area is 247 Å². The Morgan fingerprint density at radius 2 is 1.53 bits per heavy atom. The summed E-state index contributed by atoms with van der Waals surface area (Å²) < 4.78 is 47.4. The number of nitrogens with one attached hydrogen (secondary N) is 1. The Morgan fingerprint density at radius 3 is 2.28 bits per heavy atom. The van der Waals surface area contributed by atoms with Crippen LogP contribution >= 0.6 is 0 Å². The van der Waals surface area contributed by atoms with Crippen molar-refractivity contribution in [1.29, 1.82) is 0 Å². The SMILES string of the molecule is Cc1ccc2c(c1)NC(=O)c1cc(S(=O)(=O)N3CCOCC3)c(Oc3ccc(C)cc3-n3nc4ccccc4n3)cc1O2. The molecule has 2 aliphatic heterocycles. The van der Waals surface area contributed by atoms with E-state index in [1.807, 2.05) is 56.3 Å². The number of rotatable bonds is 5. The molecule has 0 bridgehead atoms. The lowest BCUT2D eigenvalue weighted by molar-refractivity contribution is 0.0729. The Kier molecular flexibility index (Phi) is 6.61. The molecule has 3 heterocycles. The summed E-state index contributed by atoms with van der Waals surface area (Å²) in [6.45, 7) is 4.70. The molecule has 1 aromatic heterocycles. The number of anilines is 1. The van der Waals surface area contributed by atoms with E-state index in [1.54, 1.807) is 18.2 Å². The third-order valence-corrected chi connectivity index (χ3v) is 9.24. The van der Waals surface area contributed by atoms with Crippen LogP contribution in [0.1, 0.15) is 21.5 Å². The van der Waals surface area contributed by atoms with Gasteiger partial charge in [0.05, 0.1) is 24.5 Å². The first-order valence-electron chi connectivity index (χ1n) is 13.7. The minimum absolute atomic E-state index is 0.00424. The molecule has 7 rings (SSSR count). The number of nitrogens with zero attached hydrogens (tertiary/aromatic N) is 4. The number of fused-ring (bicyclic) bond motifs is 3. The normalized spacial score (nSPS) is 15.3. The Morgan fingerprint density at radius 1 is 0.837 bits per heavy atom. The second-order valence-electron chi connectivity index (χ2n) is 10.4. The van der Waals surface area contributed by atoms with Gasteiger partial charge < -0.3 is 19.5 Å². The number of ether oxygens (including phenoxy) is 3. The molecule has 4 aromatic carbocycles. The average molecular weight is 598 g/mol. The highest BCUT2D eigenvalue weighted by Crippen LogP contribution is 2.43. The number of benzene rings is 4. The van der Waals surface area contributed by atoms with Gasteiger partial charge in [0.2, 0.25) is 10.0 Å². The second kappa shape index (κ2) is 10.5. The fourth-order valence-corrected chi connectivity index (χ4v) is 6.63. The monoisotopic (exact) mass is 597 g/mol. The van der Waals surface area contributed by atoms with Crippen molar-refractivity contribution >= 4 is 32.7 Å². The van der Waals surface area contributed by atoms with Gasteiger partial charge in [-0.15, -0.1) is 15.0 Å². The van der Waals surface area contributed by atoms with Crippen LogP contribution in [-0.4, -0.2) is 59.9 Å². The summed E-state index contributed by atoms with van der Waals surface area (Å²) in [7, 11) is -4.11. The first-order valence-corrected chi connectivity index (χ1v) is 15.2. The van der Waals surface area contributed by atoms with Crippen molar-refractivity contribution in [3.8, 4) is 28.7 Å². The lowest BCUT2D eigenvalue weighted by Crippen LogP contribution is -2.40. The summed E-state index contributed by atoms with van der Waals surface area (Å²) in [6, 6.07) is 21.1. The standard InChI is InChI=1S/C31H27N5O6S/c1-19-7-9-26-24(15-19)32-31(37)21-17-30(43(38,39)35-11-13-40-14-12-35)29(18-28(21)41-26)42-27-10-8-20(2)16-25(27)36-33-22-5-3-4-6-23(22)34-36/h3-10,15-18H,11-14H2,1-2H3,(H,32,37). The van der Waals surface area contributed by atoms with E-state index in [2.05, 4.69) is 15.5 Å². The average Bonchev–Trinajstić information content (AvgIpc) is 3.38. The van der Waals surface area contributed by atoms with Crippen molar-refractivity contribution in [3.05, 3.63) is 89.5 Å². The molecular weight excluding hydrogens is 570 g/mol. The zero-order valence-electron chi connectivity index (χ0n) is 23.4. The van der Waals surface area contributed by atoms with E-state index in [9.17, 15) is 13.2 Å². The molecule has 0 atom stereocenters. The number of morpholine rings is 1. The van der Waals surface area contributed by atoms with Gasteiger partial charge in [-0.05, 0) is 67.4 Å². The van der Waals surface area contributed by atoms with Gasteiger partial charge in [0.15, 0.2) is 17.2 Å². The van der Waals surface area contributed by atoms with Gasteiger partial charge in [-0.2, -0.15) is 4.31 Å². The fraction of sp³-hybridized carbons (Fsp3) is 0.194. The highest BCUT2D eigenvalue weighted by molar-refractivity contribution is 7.89. The Bertz CT molecular complexity index is 1980. The van der Waals surface area contributed by atoms with Crippen LogP contribution in [0.25, 0.3) is 16.7 Å². The molecule has 11 nitrogen and oxygen atoms in total. The molecule has 1 amide bonds. The quantitative estimate of drug-likeness (QED) is 0.293. The van der Waals surface area contributed by atoms with E-state index in [4.69, 9.17) is 14.2 Å². The van der Waals surface area contributed by atoms with Crippen LogP contribution in [-0.2, 0) is 14.8 Å². The Balaban J connectivity index is 1.39. The third-order valence-electron chi connectivity index (χ3n) is 7.32. The maximum absolute atomic E-state index is 14.1. The topological polar surface area (TPSA) is 125 Å². The molecule has 1 fully saturated rings. The minimum atomic E-state index is -4.11. The number of aryl methyl sites for hydroxylation is 2. The molecule has 1 N–H and O–H groups in total. The highest BCUT2D eigenvalue weighted by Gasteiger charge is 2.33. The molecule has 218 valence electrons. The van der Waals surface area contributed by atoms with Crippen LogP contribution in [0.2, 0.25) is 0 Å².